The van der Waals surface area contributed by atoms with Crippen molar-refractivity contribution in [2.45, 2.75) is 50.7 Å². The molecule has 0 bridgehead atoms. The molecule has 0 aromatic heterocycles. The van der Waals surface area contributed by atoms with Crippen LogP contribution in [-0.2, 0) is 9.53 Å². The Labute approximate surface area is 109 Å². The van der Waals surface area contributed by atoms with Crippen molar-refractivity contribution in [1.82, 2.24) is 10.2 Å². The Morgan fingerprint density at radius 3 is 3.00 bits per heavy atom. The molecule has 1 aliphatic heterocycles. The summed E-state index contributed by atoms with van der Waals surface area (Å²) in [5.74, 6) is -0.201. The number of nitrogens with zero attached hydrogens (tertiary/aromatic N) is 1. The first-order chi connectivity index (χ1) is 8.59. The predicted octanol–water partition coefficient (Wildman–Crippen LogP) is 0.0932. The van der Waals surface area contributed by atoms with E-state index in [0.29, 0.717) is 12.1 Å². The van der Waals surface area contributed by atoms with Crippen LogP contribution >= 0.6 is 0 Å². The molecule has 5 heteroatoms. The van der Waals surface area contributed by atoms with Crippen LogP contribution in [0.5, 0.6) is 0 Å². The van der Waals surface area contributed by atoms with E-state index in [4.69, 9.17) is 10.5 Å². The smallest absolute Gasteiger partial charge is 0.237 e. The van der Waals surface area contributed by atoms with Gasteiger partial charge < -0.3 is 15.8 Å². The lowest BCUT2D eigenvalue weighted by molar-refractivity contribution is -0.124. The summed E-state index contributed by atoms with van der Waals surface area (Å²) < 4.78 is 5.47. The zero-order chi connectivity index (χ0) is 13.2. The number of hydrogen-bond acceptors (Lipinski definition) is 4. The average Bonchev–Trinajstić information content (AvgIpc) is 2.76. The maximum Gasteiger partial charge on any atom is 0.237 e. The molecule has 0 aromatic rings. The highest BCUT2D eigenvalue weighted by Crippen LogP contribution is 2.34. The van der Waals surface area contributed by atoms with Gasteiger partial charge in [0.1, 0.15) is 0 Å². The molecule has 2 fully saturated rings. The van der Waals surface area contributed by atoms with Crippen LogP contribution < -0.4 is 11.1 Å². The predicted molar refractivity (Wildman–Crippen MR) is 70.2 cm³/mol. The van der Waals surface area contributed by atoms with Crippen molar-refractivity contribution >= 4 is 5.91 Å². The van der Waals surface area contributed by atoms with Gasteiger partial charge in [0, 0.05) is 18.6 Å². The monoisotopic (exact) mass is 255 g/mol. The van der Waals surface area contributed by atoms with Crippen LogP contribution in [-0.4, -0.2) is 54.7 Å². The SMILES string of the molecule is CCNC1(C(N)=O)CCC(N2CCOCC2C)C1. The van der Waals surface area contributed by atoms with E-state index in [0.717, 1.165) is 45.6 Å². The molecule has 18 heavy (non-hydrogen) atoms. The van der Waals surface area contributed by atoms with Crippen molar-refractivity contribution < 1.29 is 9.53 Å². The lowest BCUT2D eigenvalue weighted by Gasteiger charge is -2.38. The molecule has 3 unspecified atom stereocenters. The molecule has 2 aliphatic rings. The molecule has 3 N–H and O–H groups in total. The number of amides is 1. The fourth-order valence-corrected chi connectivity index (χ4v) is 3.39. The molecule has 1 amide bonds. The van der Waals surface area contributed by atoms with Crippen LogP contribution in [0.3, 0.4) is 0 Å². The Balaban J connectivity index is 2.03. The van der Waals surface area contributed by atoms with E-state index in [1.54, 1.807) is 0 Å². The normalized spacial score (nSPS) is 37.9. The molecule has 104 valence electrons. The third-order valence-corrected chi connectivity index (χ3v) is 4.36. The standard InChI is InChI=1S/C13H25N3O2/c1-3-15-13(12(14)17)5-4-11(8-13)16-6-7-18-9-10(16)2/h10-11,15H,3-9H2,1-2H3,(H2,14,17). The highest BCUT2D eigenvalue weighted by Gasteiger charge is 2.46. The van der Waals surface area contributed by atoms with E-state index in [9.17, 15) is 4.79 Å². The van der Waals surface area contributed by atoms with E-state index >= 15 is 0 Å². The minimum Gasteiger partial charge on any atom is -0.379 e. The highest BCUT2D eigenvalue weighted by atomic mass is 16.5. The number of primary amides is 1. The summed E-state index contributed by atoms with van der Waals surface area (Å²) in [6.07, 6.45) is 2.73. The van der Waals surface area contributed by atoms with Gasteiger partial charge in [-0.15, -0.1) is 0 Å². The zero-order valence-corrected chi connectivity index (χ0v) is 11.4. The van der Waals surface area contributed by atoms with Crippen molar-refractivity contribution in [2.75, 3.05) is 26.3 Å². The Morgan fingerprint density at radius 1 is 1.61 bits per heavy atom. The molecule has 0 aromatic carbocycles. The molecule has 1 heterocycles. The molecule has 0 spiro atoms. The van der Waals surface area contributed by atoms with Gasteiger partial charge >= 0.3 is 0 Å². The number of rotatable bonds is 4. The number of hydrogen-bond donors (Lipinski definition) is 2. The second kappa shape index (κ2) is 5.55. The van der Waals surface area contributed by atoms with E-state index in [1.807, 2.05) is 6.92 Å². The first kappa shape index (κ1) is 13.8. The molecule has 2 rings (SSSR count). The van der Waals surface area contributed by atoms with Gasteiger partial charge in [0.2, 0.25) is 5.91 Å². The van der Waals surface area contributed by atoms with Gasteiger partial charge in [-0.3, -0.25) is 9.69 Å². The summed E-state index contributed by atoms with van der Waals surface area (Å²) in [5.41, 5.74) is 5.11. The van der Waals surface area contributed by atoms with Crippen molar-refractivity contribution in [3.8, 4) is 0 Å². The molecule has 1 saturated heterocycles. The fraction of sp³-hybridized carbons (Fsp3) is 0.923. The van der Waals surface area contributed by atoms with Gasteiger partial charge in [-0.25, -0.2) is 0 Å². The lowest BCUT2D eigenvalue weighted by atomic mass is 9.96. The van der Waals surface area contributed by atoms with Crippen molar-refractivity contribution in [2.24, 2.45) is 5.73 Å². The van der Waals surface area contributed by atoms with Crippen LogP contribution in [0.15, 0.2) is 0 Å². The summed E-state index contributed by atoms with van der Waals surface area (Å²) in [6.45, 7) is 7.56. The summed E-state index contributed by atoms with van der Waals surface area (Å²) in [6, 6.07) is 0.893. The summed E-state index contributed by atoms with van der Waals surface area (Å²) in [5, 5.41) is 3.31. The fourth-order valence-electron chi connectivity index (χ4n) is 3.39. The van der Waals surface area contributed by atoms with E-state index in [2.05, 4.69) is 17.1 Å². The van der Waals surface area contributed by atoms with Crippen LogP contribution in [0, 0.1) is 0 Å². The lowest BCUT2D eigenvalue weighted by Crippen LogP contribution is -2.55. The number of likely N-dealkylation sites (N-methyl/N-ethyl adjacent to an activating group) is 1. The van der Waals surface area contributed by atoms with Crippen molar-refractivity contribution in [1.29, 1.82) is 0 Å². The summed E-state index contributed by atoms with van der Waals surface area (Å²) in [4.78, 5) is 14.2. The first-order valence-corrected chi connectivity index (χ1v) is 6.97. The minimum atomic E-state index is -0.489. The Kier molecular flexibility index (Phi) is 4.25. The number of morpholine rings is 1. The molecule has 0 radical (unpaired) electrons. The quantitative estimate of drug-likeness (QED) is 0.747. The van der Waals surface area contributed by atoms with Gasteiger partial charge in [0.15, 0.2) is 0 Å². The maximum absolute atomic E-state index is 11.7. The Hall–Kier alpha value is -0.650. The third kappa shape index (κ3) is 2.53. The second-order valence-electron chi connectivity index (χ2n) is 5.54. The Morgan fingerprint density at radius 2 is 2.39 bits per heavy atom. The maximum atomic E-state index is 11.7. The van der Waals surface area contributed by atoms with Gasteiger partial charge in [0.05, 0.1) is 18.8 Å². The van der Waals surface area contributed by atoms with E-state index < -0.39 is 5.54 Å². The largest absolute Gasteiger partial charge is 0.379 e. The first-order valence-electron chi connectivity index (χ1n) is 6.97. The number of ether oxygens (including phenoxy) is 1. The van der Waals surface area contributed by atoms with Gasteiger partial charge in [-0.05, 0) is 32.7 Å². The van der Waals surface area contributed by atoms with Crippen LogP contribution in [0.2, 0.25) is 0 Å². The zero-order valence-electron chi connectivity index (χ0n) is 11.4. The van der Waals surface area contributed by atoms with Crippen LogP contribution in [0.1, 0.15) is 33.1 Å². The molecular weight excluding hydrogens is 230 g/mol. The summed E-state index contributed by atoms with van der Waals surface area (Å²) in [7, 11) is 0. The topological polar surface area (TPSA) is 67.6 Å². The Bertz CT molecular complexity index is 311. The van der Waals surface area contributed by atoms with Crippen molar-refractivity contribution in [3.05, 3.63) is 0 Å². The number of carbonyl (C=O) groups is 1. The number of nitrogens with one attached hydrogen (secondary N) is 1. The third-order valence-electron chi connectivity index (χ3n) is 4.36. The van der Waals surface area contributed by atoms with Gasteiger partial charge in [-0.2, -0.15) is 0 Å². The summed E-state index contributed by atoms with van der Waals surface area (Å²) >= 11 is 0. The average molecular weight is 255 g/mol. The highest BCUT2D eigenvalue weighted by molar-refractivity contribution is 5.85. The molecule has 1 saturated carbocycles. The molecule has 5 nitrogen and oxygen atoms in total. The van der Waals surface area contributed by atoms with Crippen LogP contribution in [0.25, 0.3) is 0 Å². The molecular formula is C13H25N3O2. The van der Waals surface area contributed by atoms with Crippen LogP contribution in [0.4, 0.5) is 0 Å². The van der Waals surface area contributed by atoms with Crippen molar-refractivity contribution in [3.63, 3.8) is 0 Å². The second-order valence-corrected chi connectivity index (χ2v) is 5.54. The minimum absolute atomic E-state index is 0.201. The molecule has 3 atom stereocenters. The van der Waals surface area contributed by atoms with Gasteiger partial charge in [0.25, 0.3) is 0 Å². The molecule has 1 aliphatic carbocycles. The van der Waals surface area contributed by atoms with E-state index in [1.165, 1.54) is 0 Å². The van der Waals surface area contributed by atoms with Gasteiger partial charge in [-0.1, -0.05) is 6.92 Å². The number of carbonyl (C=O) groups excluding carboxylic acids is 1. The van der Waals surface area contributed by atoms with E-state index in [-0.39, 0.29) is 5.91 Å². The number of nitrogens with two attached hydrogens (primary N) is 1.